The molecule has 84 heavy (non-hydrogen) atoms. The standard InChI is InChI=1S/C81H61N3/c1-56-30-40-68(41-31-56)83(69-42-32-57(2)33-43-69)73-48-49-74(58(3)52-73)81-75(28-17-29-76(81)66-39-51-80-78(55-66)77-54-64(61-22-12-6-13-23-61)38-50-79(77)84(80)67-25-14-7-15-26-67)65-24-16-27-72(53-65)82(70-44-34-62(35-45-70)59-18-8-4-9-19-59)71-46-36-63(37-47-71)60-20-10-5-11-21-60/h4-55H,1-3H3. The highest BCUT2D eigenvalue weighted by molar-refractivity contribution is 6.12. The van der Waals surface area contributed by atoms with Crippen LogP contribution in [0.1, 0.15) is 16.7 Å². The van der Waals surface area contributed by atoms with E-state index in [0.717, 1.165) is 67.6 Å². The molecule has 1 aromatic heterocycles. The van der Waals surface area contributed by atoms with Gasteiger partial charge in [-0.1, -0.05) is 217 Å². The zero-order chi connectivity index (χ0) is 56.5. The number of rotatable bonds is 13. The predicted molar refractivity (Wildman–Crippen MR) is 357 cm³/mol. The van der Waals surface area contributed by atoms with E-state index in [1.165, 1.54) is 77.5 Å². The van der Waals surface area contributed by atoms with Crippen molar-refractivity contribution >= 4 is 55.9 Å². The van der Waals surface area contributed by atoms with Gasteiger partial charge in [0.1, 0.15) is 0 Å². The van der Waals surface area contributed by atoms with Gasteiger partial charge in [-0.3, -0.25) is 0 Å². The van der Waals surface area contributed by atoms with E-state index in [4.69, 9.17) is 0 Å². The molecule has 0 saturated heterocycles. The summed E-state index contributed by atoms with van der Waals surface area (Å²) in [5.74, 6) is 0. The molecular weight excluding hydrogens is 1010 g/mol. The molecule has 0 saturated carbocycles. The van der Waals surface area contributed by atoms with Crippen LogP contribution in [0.5, 0.6) is 0 Å². The molecule has 0 aliphatic carbocycles. The van der Waals surface area contributed by atoms with Gasteiger partial charge in [0.05, 0.1) is 11.0 Å². The summed E-state index contributed by atoms with van der Waals surface area (Å²) in [5.41, 5.74) is 27.7. The summed E-state index contributed by atoms with van der Waals surface area (Å²) in [5, 5.41) is 2.41. The molecule has 400 valence electrons. The predicted octanol–water partition coefficient (Wildman–Crippen LogP) is 22.7. The van der Waals surface area contributed by atoms with Gasteiger partial charge in [0.15, 0.2) is 0 Å². The van der Waals surface area contributed by atoms with E-state index < -0.39 is 0 Å². The van der Waals surface area contributed by atoms with Crippen molar-refractivity contribution in [2.45, 2.75) is 20.8 Å². The van der Waals surface area contributed by atoms with Crippen molar-refractivity contribution in [3.63, 3.8) is 0 Å². The minimum absolute atomic E-state index is 1.06. The summed E-state index contributed by atoms with van der Waals surface area (Å²) >= 11 is 0. The molecule has 3 heteroatoms. The molecule has 3 nitrogen and oxygen atoms in total. The zero-order valence-electron chi connectivity index (χ0n) is 47.4. The monoisotopic (exact) mass is 1080 g/mol. The molecule has 0 amide bonds. The molecule has 0 aliphatic rings. The molecule has 1 heterocycles. The first-order chi connectivity index (χ1) is 41.4. The van der Waals surface area contributed by atoms with Gasteiger partial charge in [0.25, 0.3) is 0 Å². The third-order valence-corrected chi connectivity index (χ3v) is 16.5. The Kier molecular flexibility index (Phi) is 13.7. The second-order valence-electron chi connectivity index (χ2n) is 21.9. The molecule has 14 rings (SSSR count). The van der Waals surface area contributed by atoms with E-state index in [-0.39, 0.29) is 0 Å². The van der Waals surface area contributed by atoms with Gasteiger partial charge < -0.3 is 14.4 Å². The van der Waals surface area contributed by atoms with Crippen LogP contribution >= 0.6 is 0 Å². The number of fused-ring (bicyclic) bond motifs is 3. The van der Waals surface area contributed by atoms with Gasteiger partial charge in [-0.05, 0) is 202 Å². The fourth-order valence-electron chi connectivity index (χ4n) is 12.2. The van der Waals surface area contributed by atoms with Crippen LogP contribution in [0.25, 0.3) is 94.3 Å². The van der Waals surface area contributed by atoms with Crippen molar-refractivity contribution in [2.24, 2.45) is 0 Å². The summed E-state index contributed by atoms with van der Waals surface area (Å²) in [6, 6.07) is 115. The highest BCUT2D eigenvalue weighted by Gasteiger charge is 2.23. The topological polar surface area (TPSA) is 11.4 Å². The molecule has 0 aliphatic heterocycles. The molecule has 14 aromatic rings. The normalized spacial score (nSPS) is 11.3. The van der Waals surface area contributed by atoms with E-state index >= 15 is 0 Å². The minimum Gasteiger partial charge on any atom is -0.310 e. The van der Waals surface area contributed by atoms with Crippen molar-refractivity contribution in [1.29, 1.82) is 0 Å². The third-order valence-electron chi connectivity index (χ3n) is 16.5. The van der Waals surface area contributed by atoms with E-state index in [1.807, 2.05) is 0 Å². The summed E-state index contributed by atoms with van der Waals surface area (Å²) in [6.07, 6.45) is 0. The first-order valence-corrected chi connectivity index (χ1v) is 29.0. The van der Waals surface area contributed by atoms with Crippen molar-refractivity contribution < 1.29 is 0 Å². The maximum Gasteiger partial charge on any atom is 0.0541 e. The lowest BCUT2D eigenvalue weighted by Gasteiger charge is -2.28. The Morgan fingerprint density at radius 1 is 0.238 bits per heavy atom. The van der Waals surface area contributed by atoms with Crippen molar-refractivity contribution in [1.82, 2.24) is 4.57 Å². The van der Waals surface area contributed by atoms with Crippen LogP contribution in [0.4, 0.5) is 34.1 Å². The van der Waals surface area contributed by atoms with E-state index in [1.54, 1.807) is 0 Å². The minimum atomic E-state index is 1.06. The number of nitrogens with zero attached hydrogens (tertiary/aromatic N) is 3. The second kappa shape index (κ2) is 22.3. The molecule has 0 fully saturated rings. The summed E-state index contributed by atoms with van der Waals surface area (Å²) in [7, 11) is 0. The van der Waals surface area contributed by atoms with Gasteiger partial charge in [0.2, 0.25) is 0 Å². The summed E-state index contributed by atoms with van der Waals surface area (Å²) < 4.78 is 2.42. The Hall–Kier alpha value is -10.7. The average Bonchev–Trinajstić information content (AvgIpc) is 4.01. The van der Waals surface area contributed by atoms with E-state index in [9.17, 15) is 0 Å². The van der Waals surface area contributed by atoms with Crippen LogP contribution in [-0.4, -0.2) is 4.57 Å². The summed E-state index contributed by atoms with van der Waals surface area (Å²) in [4.78, 5) is 4.76. The Bertz CT molecular complexity index is 4500. The lowest BCUT2D eigenvalue weighted by molar-refractivity contribution is 1.18. The number of aromatic nitrogens is 1. The first kappa shape index (κ1) is 51.4. The number of hydrogen-bond donors (Lipinski definition) is 0. The fraction of sp³-hybridized carbons (Fsp3) is 0.0370. The Morgan fingerprint density at radius 2 is 0.595 bits per heavy atom. The second-order valence-corrected chi connectivity index (χ2v) is 21.9. The quantitative estimate of drug-likeness (QED) is 0.114. The number of hydrogen-bond acceptors (Lipinski definition) is 2. The van der Waals surface area contributed by atoms with Crippen LogP contribution in [0, 0.1) is 20.8 Å². The molecule has 0 spiro atoms. The van der Waals surface area contributed by atoms with Crippen LogP contribution < -0.4 is 9.80 Å². The SMILES string of the molecule is Cc1ccc(N(c2ccc(C)cc2)c2ccc(-c3c(-c4cccc(N(c5ccc(-c6ccccc6)cc5)c5ccc(-c6ccccc6)cc5)c4)cccc3-c3ccc4c(c3)c3cc(-c5ccccc5)ccc3n4-c3ccccc3)c(C)c2)cc1. The zero-order valence-corrected chi connectivity index (χ0v) is 47.4. The first-order valence-electron chi connectivity index (χ1n) is 29.0. The van der Waals surface area contributed by atoms with Gasteiger partial charge in [-0.25, -0.2) is 0 Å². The molecular formula is C81H61N3. The van der Waals surface area contributed by atoms with Gasteiger partial charge in [-0.15, -0.1) is 0 Å². The van der Waals surface area contributed by atoms with E-state index in [2.05, 4.69) is 351 Å². The van der Waals surface area contributed by atoms with Crippen LogP contribution in [0.15, 0.2) is 315 Å². The van der Waals surface area contributed by atoms with Crippen LogP contribution in [-0.2, 0) is 0 Å². The Morgan fingerprint density at radius 3 is 1.08 bits per heavy atom. The lowest BCUT2D eigenvalue weighted by Crippen LogP contribution is -2.10. The number of benzene rings is 13. The maximum atomic E-state index is 2.44. The largest absolute Gasteiger partial charge is 0.310 e. The average molecular weight is 1080 g/mol. The molecule has 0 bridgehead atoms. The Labute approximate surface area is 492 Å². The van der Waals surface area contributed by atoms with Crippen molar-refractivity contribution in [3.05, 3.63) is 332 Å². The molecule has 0 atom stereocenters. The maximum absolute atomic E-state index is 2.44. The molecule has 13 aromatic carbocycles. The van der Waals surface area contributed by atoms with Gasteiger partial charge in [-0.2, -0.15) is 0 Å². The van der Waals surface area contributed by atoms with Gasteiger partial charge >= 0.3 is 0 Å². The van der Waals surface area contributed by atoms with Crippen molar-refractivity contribution in [3.8, 4) is 72.4 Å². The summed E-state index contributed by atoms with van der Waals surface area (Å²) in [6.45, 7) is 6.57. The Balaban J connectivity index is 0.965. The number of aryl methyl sites for hydroxylation is 3. The fourth-order valence-corrected chi connectivity index (χ4v) is 12.2. The van der Waals surface area contributed by atoms with Crippen LogP contribution in [0.3, 0.4) is 0 Å². The molecule has 0 radical (unpaired) electrons. The number of anilines is 6. The van der Waals surface area contributed by atoms with E-state index in [0.29, 0.717) is 0 Å². The lowest BCUT2D eigenvalue weighted by atomic mass is 9.85. The number of para-hydroxylation sites is 1. The molecule has 0 unspecified atom stereocenters. The van der Waals surface area contributed by atoms with Crippen LogP contribution in [0.2, 0.25) is 0 Å². The highest BCUT2D eigenvalue weighted by Crippen LogP contribution is 2.47. The van der Waals surface area contributed by atoms with Crippen molar-refractivity contribution in [2.75, 3.05) is 9.80 Å². The molecule has 0 N–H and O–H groups in total. The van der Waals surface area contributed by atoms with Gasteiger partial charge in [0, 0.05) is 50.6 Å². The highest BCUT2D eigenvalue weighted by atomic mass is 15.1. The third kappa shape index (κ3) is 9.93. The smallest absolute Gasteiger partial charge is 0.0541 e.